The monoisotopic (exact) mass is 900 g/mol. The number of benzene rings is 12. The van der Waals surface area contributed by atoms with E-state index in [1.807, 2.05) is 22.7 Å². The van der Waals surface area contributed by atoms with Gasteiger partial charge in [-0.1, -0.05) is 203 Å². The van der Waals surface area contributed by atoms with Crippen molar-refractivity contribution in [2.24, 2.45) is 0 Å². The molecule has 0 spiro atoms. The first-order valence-corrected chi connectivity index (χ1v) is 25.3. The maximum absolute atomic E-state index is 2.58. The molecule has 0 aliphatic heterocycles. The fraction of sp³-hybridized carbons (Fsp3) is 0.0606. The van der Waals surface area contributed by atoms with E-state index < -0.39 is 0 Å². The van der Waals surface area contributed by atoms with E-state index >= 15 is 0 Å². The van der Waals surface area contributed by atoms with E-state index in [9.17, 15) is 0 Å². The van der Waals surface area contributed by atoms with E-state index in [1.54, 1.807) is 0 Å². The van der Waals surface area contributed by atoms with Gasteiger partial charge in [0.15, 0.2) is 0 Å². The highest BCUT2D eigenvalue weighted by atomic mass is 32.1. The maximum atomic E-state index is 2.58. The van der Waals surface area contributed by atoms with Gasteiger partial charge in [0.2, 0.25) is 0 Å². The lowest BCUT2D eigenvalue weighted by atomic mass is 9.80. The lowest BCUT2D eigenvalue weighted by Crippen LogP contribution is -2.10. The summed E-state index contributed by atoms with van der Waals surface area (Å²) in [5.41, 5.74) is 11.6. The molecule has 0 nitrogen and oxygen atoms in total. The number of thiophene rings is 2. The topological polar surface area (TPSA) is 0 Å². The molecule has 0 atom stereocenters. The summed E-state index contributed by atoms with van der Waals surface area (Å²) in [7, 11) is 0. The Morgan fingerprint density at radius 3 is 1.07 bits per heavy atom. The van der Waals surface area contributed by atoms with E-state index in [1.165, 1.54) is 144 Å². The van der Waals surface area contributed by atoms with Crippen molar-refractivity contribution < 1.29 is 0 Å². The molecule has 0 N–H and O–H groups in total. The summed E-state index contributed by atoms with van der Waals surface area (Å²) < 4.78 is 5.30. The molecule has 2 aromatic heterocycles. The number of fused-ring (bicyclic) bond motifs is 13. The maximum Gasteiger partial charge on any atom is 0.0440 e. The Labute approximate surface area is 403 Å². The Morgan fingerprint density at radius 1 is 0.294 bits per heavy atom. The van der Waals surface area contributed by atoms with Gasteiger partial charge in [-0.2, -0.15) is 0 Å². The second kappa shape index (κ2) is 14.9. The number of hydrogen-bond donors (Lipinski definition) is 0. The zero-order valence-electron chi connectivity index (χ0n) is 38.0. The molecule has 0 fully saturated rings. The lowest BCUT2D eigenvalue weighted by molar-refractivity contribution is 0.591. The summed E-state index contributed by atoms with van der Waals surface area (Å²) in [5.74, 6) is 0. The first-order valence-electron chi connectivity index (χ1n) is 23.7. The van der Waals surface area contributed by atoms with Gasteiger partial charge < -0.3 is 0 Å². The third kappa shape index (κ3) is 5.78. The van der Waals surface area contributed by atoms with E-state index in [2.05, 4.69) is 233 Å². The van der Waals surface area contributed by atoms with Gasteiger partial charge in [0.25, 0.3) is 0 Å². The van der Waals surface area contributed by atoms with Gasteiger partial charge in [0.1, 0.15) is 0 Å². The Morgan fingerprint density at radius 2 is 0.647 bits per heavy atom. The quantitative estimate of drug-likeness (QED) is 0.154. The van der Waals surface area contributed by atoms with Crippen LogP contribution in [0.4, 0.5) is 0 Å². The van der Waals surface area contributed by atoms with Crippen molar-refractivity contribution in [3.05, 3.63) is 218 Å². The molecule has 0 aliphatic rings. The smallest absolute Gasteiger partial charge is 0.0440 e. The Hall–Kier alpha value is -7.62. The average Bonchev–Trinajstić information content (AvgIpc) is 3.97. The first-order chi connectivity index (χ1) is 33.4. The van der Waals surface area contributed by atoms with Crippen LogP contribution in [0, 0.1) is 0 Å². The van der Waals surface area contributed by atoms with Crippen molar-refractivity contribution in [3.8, 4) is 44.5 Å². The highest BCUT2D eigenvalue weighted by Crippen LogP contribution is 2.55. The highest BCUT2D eigenvalue weighted by molar-refractivity contribution is 7.27. The van der Waals surface area contributed by atoms with Gasteiger partial charge in [-0.25, -0.2) is 0 Å². The molecular formula is C66H44S2. The van der Waals surface area contributed by atoms with Crippen LogP contribution < -0.4 is 0 Å². The predicted molar refractivity (Wildman–Crippen MR) is 300 cm³/mol. The van der Waals surface area contributed by atoms with Crippen LogP contribution in [-0.4, -0.2) is 0 Å². The molecule has 0 radical (unpaired) electrons. The van der Waals surface area contributed by atoms with E-state index in [0.717, 1.165) is 0 Å². The summed E-state index contributed by atoms with van der Waals surface area (Å²) >= 11 is 3.89. The average molecular weight is 901 g/mol. The van der Waals surface area contributed by atoms with Crippen molar-refractivity contribution in [2.75, 3.05) is 0 Å². The van der Waals surface area contributed by atoms with Gasteiger partial charge in [-0.05, 0) is 123 Å². The molecule has 0 unspecified atom stereocenters. The van der Waals surface area contributed by atoms with E-state index in [-0.39, 0.29) is 5.41 Å². The fourth-order valence-corrected chi connectivity index (χ4v) is 14.0. The zero-order chi connectivity index (χ0) is 45.3. The van der Waals surface area contributed by atoms with Crippen LogP contribution in [0.2, 0.25) is 0 Å². The van der Waals surface area contributed by atoms with Crippen LogP contribution >= 0.6 is 22.7 Å². The standard InChI is InChI=1S/C66H44S2/c1-66(2,3)42-34-35-49-52(38-42)58(40-22-8-5-9-23-40)45-26-12-15-29-48(45)61(49)54-37-41-36-53(60-46-27-13-10-24-43(46)57(39-20-6-4-7-21-39)44-25-11-14-28-47(44)60)64-62(50-30-16-18-32-55(50)67-64)59(41)63-51-31-17-19-33-56(51)68-65(54)63/h4-38H,1-3H3. The largest absolute Gasteiger partial charge is 0.135 e. The van der Waals surface area contributed by atoms with Gasteiger partial charge in [-0.3, -0.25) is 0 Å². The molecule has 68 heavy (non-hydrogen) atoms. The highest BCUT2D eigenvalue weighted by Gasteiger charge is 2.27. The lowest BCUT2D eigenvalue weighted by Gasteiger charge is -2.23. The molecule has 12 aromatic carbocycles. The summed E-state index contributed by atoms with van der Waals surface area (Å²) in [5, 5.41) is 18.1. The van der Waals surface area contributed by atoms with Crippen LogP contribution in [-0.2, 0) is 5.41 Å². The van der Waals surface area contributed by atoms with Crippen LogP contribution in [0.25, 0.3) is 139 Å². The van der Waals surface area contributed by atoms with Crippen LogP contribution in [0.5, 0.6) is 0 Å². The SMILES string of the molecule is CC(C)(C)c1ccc2c(-c3cc4cc(-c5c6ccccc6c(-c6ccccc6)c6ccccc56)c5sc6ccccc6c5c4c4c3sc3ccccc34)c3ccccc3c(-c3ccccc3)c2c1. The molecule has 0 saturated heterocycles. The number of hydrogen-bond acceptors (Lipinski definition) is 2. The van der Waals surface area contributed by atoms with E-state index in [4.69, 9.17) is 0 Å². The van der Waals surface area contributed by atoms with Gasteiger partial charge >= 0.3 is 0 Å². The Balaban J connectivity index is 1.20. The Kier molecular flexibility index (Phi) is 8.69. The minimum atomic E-state index is -0.0195. The minimum absolute atomic E-state index is 0.0195. The van der Waals surface area contributed by atoms with Crippen molar-refractivity contribution in [3.63, 3.8) is 0 Å². The second-order valence-electron chi connectivity index (χ2n) is 19.4. The van der Waals surface area contributed by atoms with E-state index in [0.29, 0.717) is 0 Å². The predicted octanol–water partition coefficient (Wildman–Crippen LogP) is 20.2. The molecule has 14 rings (SSSR count). The molecule has 0 bridgehead atoms. The summed E-state index contributed by atoms with van der Waals surface area (Å²) in [4.78, 5) is 0. The van der Waals surface area contributed by atoms with Crippen LogP contribution in [0.3, 0.4) is 0 Å². The van der Waals surface area contributed by atoms with Gasteiger partial charge in [0.05, 0.1) is 0 Å². The van der Waals surface area contributed by atoms with Crippen molar-refractivity contribution >= 4 is 117 Å². The fourth-order valence-electron chi connectivity index (χ4n) is 11.6. The molecule has 14 aromatic rings. The van der Waals surface area contributed by atoms with Gasteiger partial charge in [-0.15, -0.1) is 22.7 Å². The molecule has 0 saturated carbocycles. The molecule has 0 amide bonds. The third-order valence-electron chi connectivity index (χ3n) is 14.6. The normalized spacial score (nSPS) is 12.3. The van der Waals surface area contributed by atoms with Crippen molar-refractivity contribution in [2.45, 2.75) is 26.2 Å². The zero-order valence-corrected chi connectivity index (χ0v) is 39.7. The second-order valence-corrected chi connectivity index (χ2v) is 21.5. The van der Waals surface area contributed by atoms with Gasteiger partial charge in [0, 0.05) is 56.9 Å². The molecule has 2 heterocycles. The molecular weight excluding hydrogens is 857 g/mol. The summed E-state index contributed by atoms with van der Waals surface area (Å²) in [6.45, 7) is 6.99. The summed E-state index contributed by atoms with van der Waals surface area (Å²) in [6.07, 6.45) is 0. The minimum Gasteiger partial charge on any atom is -0.135 e. The van der Waals surface area contributed by atoms with Crippen molar-refractivity contribution in [1.82, 2.24) is 0 Å². The molecule has 0 aliphatic carbocycles. The number of rotatable bonds is 4. The third-order valence-corrected chi connectivity index (χ3v) is 17.0. The molecule has 320 valence electrons. The van der Waals surface area contributed by atoms with Crippen LogP contribution in [0.1, 0.15) is 26.3 Å². The van der Waals surface area contributed by atoms with Crippen molar-refractivity contribution in [1.29, 1.82) is 0 Å². The first kappa shape index (κ1) is 39.5. The summed E-state index contributed by atoms with van der Waals surface area (Å²) in [6, 6.07) is 80.0. The Bertz CT molecular complexity index is 4330. The van der Waals surface area contributed by atoms with Crippen LogP contribution in [0.15, 0.2) is 212 Å². The molecule has 2 heteroatoms.